The third kappa shape index (κ3) is 3.93. The number of pyridine rings is 2. The van der Waals surface area contributed by atoms with Crippen molar-refractivity contribution in [2.45, 2.75) is 12.5 Å². The van der Waals surface area contributed by atoms with Crippen LogP contribution in [0.2, 0.25) is 0 Å². The summed E-state index contributed by atoms with van der Waals surface area (Å²) in [7, 11) is 0. The summed E-state index contributed by atoms with van der Waals surface area (Å²) >= 11 is 1.90. The van der Waals surface area contributed by atoms with Gasteiger partial charge in [0, 0.05) is 56.0 Å². The number of carbonyl (C=O) groups excluding carboxylic acids is 1. The molecule has 0 radical (unpaired) electrons. The van der Waals surface area contributed by atoms with Crippen LogP contribution < -0.4 is 9.64 Å². The smallest absolute Gasteiger partial charge is 0.254 e. The fraction of sp³-hybridized carbons (Fsp3) is 0.421. The number of ether oxygens (including phenoxy) is 1. The van der Waals surface area contributed by atoms with Gasteiger partial charge in [-0.3, -0.25) is 4.79 Å². The van der Waals surface area contributed by atoms with E-state index in [4.69, 9.17) is 4.74 Å². The highest BCUT2D eigenvalue weighted by molar-refractivity contribution is 7.99. The molecule has 4 heterocycles. The maximum Gasteiger partial charge on any atom is 0.254 e. The topological polar surface area (TPSA) is 58.6 Å². The van der Waals surface area contributed by atoms with E-state index in [1.54, 1.807) is 24.5 Å². The molecule has 2 aromatic heterocycles. The summed E-state index contributed by atoms with van der Waals surface area (Å²) in [6.07, 6.45) is 4.71. The average molecular weight is 370 g/mol. The lowest BCUT2D eigenvalue weighted by molar-refractivity contribution is 0.0745. The Kier molecular flexibility index (Phi) is 5.24. The third-order valence-corrected chi connectivity index (χ3v) is 5.83. The molecule has 1 atom stereocenters. The molecule has 2 fully saturated rings. The van der Waals surface area contributed by atoms with Crippen LogP contribution in [0.5, 0.6) is 5.88 Å². The van der Waals surface area contributed by atoms with Gasteiger partial charge in [0.2, 0.25) is 5.88 Å². The quantitative estimate of drug-likeness (QED) is 0.823. The van der Waals surface area contributed by atoms with E-state index < -0.39 is 0 Å². The SMILES string of the molecule is O=C(c1ccnc(O[C@@H]2CCSC2)c1)N1CCN(c2ccccn2)CC1. The second-order valence-corrected chi connectivity index (χ2v) is 7.60. The Hall–Kier alpha value is -2.28. The van der Waals surface area contributed by atoms with E-state index in [0.717, 1.165) is 36.8 Å². The fourth-order valence-corrected chi connectivity index (χ4v) is 4.34. The van der Waals surface area contributed by atoms with Crippen molar-refractivity contribution in [3.05, 3.63) is 48.3 Å². The zero-order chi connectivity index (χ0) is 17.8. The van der Waals surface area contributed by atoms with Gasteiger partial charge in [0.1, 0.15) is 11.9 Å². The Balaban J connectivity index is 1.37. The van der Waals surface area contributed by atoms with Gasteiger partial charge >= 0.3 is 0 Å². The number of amides is 1. The Labute approximate surface area is 157 Å². The monoisotopic (exact) mass is 370 g/mol. The molecule has 1 amide bonds. The first-order chi connectivity index (χ1) is 12.8. The first-order valence-electron chi connectivity index (χ1n) is 8.95. The van der Waals surface area contributed by atoms with Gasteiger partial charge in [-0.1, -0.05) is 6.07 Å². The molecule has 2 aliphatic rings. The van der Waals surface area contributed by atoms with E-state index in [1.165, 1.54) is 0 Å². The van der Waals surface area contributed by atoms with Crippen molar-refractivity contribution in [2.75, 3.05) is 42.6 Å². The molecule has 2 saturated heterocycles. The lowest BCUT2D eigenvalue weighted by Crippen LogP contribution is -2.49. The van der Waals surface area contributed by atoms with Crippen molar-refractivity contribution < 1.29 is 9.53 Å². The molecule has 0 unspecified atom stereocenters. The molecule has 136 valence electrons. The minimum Gasteiger partial charge on any atom is -0.473 e. The van der Waals surface area contributed by atoms with Gasteiger partial charge in [-0.05, 0) is 30.4 Å². The summed E-state index contributed by atoms with van der Waals surface area (Å²) in [4.78, 5) is 25.6. The van der Waals surface area contributed by atoms with Gasteiger partial charge in [0.25, 0.3) is 5.91 Å². The lowest BCUT2D eigenvalue weighted by atomic mass is 10.2. The van der Waals surface area contributed by atoms with Crippen LogP contribution in [0.1, 0.15) is 16.8 Å². The number of nitrogens with zero attached hydrogens (tertiary/aromatic N) is 4. The molecule has 2 aliphatic heterocycles. The number of carbonyl (C=O) groups is 1. The fourth-order valence-electron chi connectivity index (χ4n) is 3.25. The van der Waals surface area contributed by atoms with Gasteiger partial charge in [-0.2, -0.15) is 11.8 Å². The van der Waals surface area contributed by atoms with Crippen molar-refractivity contribution in [1.82, 2.24) is 14.9 Å². The van der Waals surface area contributed by atoms with E-state index >= 15 is 0 Å². The maximum absolute atomic E-state index is 12.8. The molecule has 2 aromatic rings. The Morgan fingerprint density at radius 3 is 2.73 bits per heavy atom. The highest BCUT2D eigenvalue weighted by Crippen LogP contribution is 2.23. The minimum absolute atomic E-state index is 0.0405. The van der Waals surface area contributed by atoms with Gasteiger partial charge in [0.15, 0.2) is 0 Å². The van der Waals surface area contributed by atoms with E-state index in [0.29, 0.717) is 24.5 Å². The molecule has 0 aromatic carbocycles. The standard InChI is InChI=1S/C19H22N4O2S/c24-19(15-4-7-21-18(13-15)25-16-5-12-26-14-16)23-10-8-22(9-11-23)17-3-1-2-6-20-17/h1-4,6-7,13,16H,5,8-12,14H2/t16-/m1/s1. The lowest BCUT2D eigenvalue weighted by Gasteiger charge is -2.35. The second-order valence-electron chi connectivity index (χ2n) is 6.45. The summed E-state index contributed by atoms with van der Waals surface area (Å²) in [5.41, 5.74) is 0.645. The molecule has 7 heteroatoms. The number of hydrogen-bond donors (Lipinski definition) is 0. The van der Waals surface area contributed by atoms with Crippen molar-refractivity contribution in [1.29, 1.82) is 0 Å². The Bertz CT molecular complexity index is 744. The number of anilines is 1. The molecule has 0 spiro atoms. The molecule has 0 bridgehead atoms. The minimum atomic E-state index is 0.0405. The van der Waals surface area contributed by atoms with Gasteiger partial charge in [-0.15, -0.1) is 0 Å². The predicted octanol–water partition coefficient (Wildman–Crippen LogP) is 2.32. The van der Waals surface area contributed by atoms with Crippen LogP contribution in [0.3, 0.4) is 0 Å². The molecule has 4 rings (SSSR count). The van der Waals surface area contributed by atoms with Gasteiger partial charge in [-0.25, -0.2) is 9.97 Å². The molecule has 0 N–H and O–H groups in total. The predicted molar refractivity (Wildman–Crippen MR) is 103 cm³/mol. The van der Waals surface area contributed by atoms with Gasteiger partial charge < -0.3 is 14.5 Å². The van der Waals surface area contributed by atoms with E-state index in [9.17, 15) is 4.79 Å². The van der Waals surface area contributed by atoms with Crippen molar-refractivity contribution in [2.24, 2.45) is 0 Å². The van der Waals surface area contributed by atoms with E-state index in [1.807, 2.05) is 34.9 Å². The second kappa shape index (κ2) is 7.95. The van der Waals surface area contributed by atoms with Crippen LogP contribution in [-0.4, -0.2) is 64.6 Å². The maximum atomic E-state index is 12.8. The third-order valence-electron chi connectivity index (χ3n) is 4.70. The molecule has 0 saturated carbocycles. The van der Waals surface area contributed by atoms with E-state index in [-0.39, 0.29) is 12.0 Å². The van der Waals surface area contributed by atoms with Crippen molar-refractivity contribution in [3.63, 3.8) is 0 Å². The molecule has 6 nitrogen and oxygen atoms in total. The molecule has 26 heavy (non-hydrogen) atoms. The highest BCUT2D eigenvalue weighted by Gasteiger charge is 2.24. The van der Waals surface area contributed by atoms with Crippen LogP contribution in [0, 0.1) is 0 Å². The summed E-state index contributed by atoms with van der Waals surface area (Å²) in [5, 5.41) is 0. The zero-order valence-corrected chi connectivity index (χ0v) is 15.4. The number of hydrogen-bond acceptors (Lipinski definition) is 6. The first-order valence-corrected chi connectivity index (χ1v) is 10.1. The summed E-state index contributed by atoms with van der Waals surface area (Å²) in [6, 6.07) is 9.45. The molecular weight excluding hydrogens is 348 g/mol. The first kappa shape index (κ1) is 17.1. The van der Waals surface area contributed by atoms with Crippen molar-refractivity contribution in [3.8, 4) is 5.88 Å². The Morgan fingerprint density at radius 1 is 1.12 bits per heavy atom. The zero-order valence-electron chi connectivity index (χ0n) is 14.6. The van der Waals surface area contributed by atoms with Crippen LogP contribution in [0.15, 0.2) is 42.7 Å². The molecule has 0 aliphatic carbocycles. The number of aromatic nitrogens is 2. The number of thioether (sulfide) groups is 1. The number of piperazine rings is 1. The number of rotatable bonds is 4. The highest BCUT2D eigenvalue weighted by atomic mass is 32.2. The summed E-state index contributed by atoms with van der Waals surface area (Å²) in [6.45, 7) is 2.95. The largest absolute Gasteiger partial charge is 0.473 e. The van der Waals surface area contributed by atoms with Crippen LogP contribution in [0.25, 0.3) is 0 Å². The summed E-state index contributed by atoms with van der Waals surface area (Å²) in [5.74, 6) is 3.68. The Morgan fingerprint density at radius 2 is 2.00 bits per heavy atom. The van der Waals surface area contributed by atoms with E-state index in [2.05, 4.69) is 14.9 Å². The summed E-state index contributed by atoms with van der Waals surface area (Å²) < 4.78 is 5.91. The van der Waals surface area contributed by atoms with Crippen molar-refractivity contribution >= 4 is 23.5 Å². The average Bonchev–Trinajstić information content (AvgIpc) is 3.21. The van der Waals surface area contributed by atoms with Crippen LogP contribution in [0.4, 0.5) is 5.82 Å². The van der Waals surface area contributed by atoms with Crippen LogP contribution in [-0.2, 0) is 0 Å². The van der Waals surface area contributed by atoms with Crippen LogP contribution >= 0.6 is 11.8 Å². The van der Waals surface area contributed by atoms with Gasteiger partial charge in [0.05, 0.1) is 0 Å². The normalized spacial score (nSPS) is 20.2. The molecular formula is C19H22N4O2S.